The van der Waals surface area contributed by atoms with Crippen molar-refractivity contribution < 1.29 is 4.79 Å². The van der Waals surface area contributed by atoms with Gasteiger partial charge in [-0.15, -0.1) is 0 Å². The summed E-state index contributed by atoms with van der Waals surface area (Å²) >= 11 is 6.15. The van der Waals surface area contributed by atoms with Gasteiger partial charge in [0, 0.05) is 11.4 Å². The molecule has 118 valence electrons. The van der Waals surface area contributed by atoms with Crippen LogP contribution in [0, 0.1) is 5.92 Å². The average molecular weight is 311 g/mol. The maximum Gasteiger partial charge on any atom is 0.220 e. The summed E-state index contributed by atoms with van der Waals surface area (Å²) in [5, 5.41) is 3.71. The number of nitrogens with two attached hydrogens (primary N) is 1. The molecular weight excluding hydrogens is 284 g/mol. The molecule has 0 heterocycles. The molecule has 3 N–H and O–H groups in total. The molecule has 1 amide bonds. The molecule has 0 aliphatic carbocycles. The van der Waals surface area contributed by atoms with E-state index in [1.54, 1.807) is 0 Å². The van der Waals surface area contributed by atoms with E-state index >= 15 is 0 Å². The quantitative estimate of drug-likeness (QED) is 0.722. The maximum absolute atomic E-state index is 12.1. The highest BCUT2D eigenvalue weighted by Crippen LogP contribution is 2.22. The number of halogens is 1. The molecule has 1 aromatic carbocycles. The highest BCUT2D eigenvalue weighted by Gasteiger charge is 2.14. The SMILES string of the molecule is CCCC(CCN)CCC(=O)NC(C)c1ccccc1Cl. The fourth-order valence-electron chi connectivity index (χ4n) is 2.63. The molecule has 2 atom stereocenters. The summed E-state index contributed by atoms with van der Waals surface area (Å²) in [6.07, 6.45) is 4.75. The highest BCUT2D eigenvalue weighted by molar-refractivity contribution is 6.31. The van der Waals surface area contributed by atoms with E-state index in [0.29, 0.717) is 23.9 Å². The number of nitrogens with one attached hydrogen (secondary N) is 1. The molecule has 0 aliphatic rings. The molecule has 0 aliphatic heterocycles. The topological polar surface area (TPSA) is 55.1 Å². The van der Waals surface area contributed by atoms with Gasteiger partial charge in [-0.3, -0.25) is 4.79 Å². The second-order valence-electron chi connectivity index (χ2n) is 5.58. The Morgan fingerprint density at radius 2 is 2.00 bits per heavy atom. The summed E-state index contributed by atoms with van der Waals surface area (Å²) in [5.74, 6) is 0.641. The molecule has 3 nitrogen and oxygen atoms in total. The Bertz CT molecular complexity index is 431. The Labute approximate surface area is 133 Å². The molecular formula is C17H27ClN2O. The van der Waals surface area contributed by atoms with Crippen LogP contribution in [0.5, 0.6) is 0 Å². The van der Waals surface area contributed by atoms with Crippen LogP contribution < -0.4 is 11.1 Å². The van der Waals surface area contributed by atoms with E-state index in [-0.39, 0.29) is 11.9 Å². The van der Waals surface area contributed by atoms with Gasteiger partial charge in [-0.1, -0.05) is 49.6 Å². The van der Waals surface area contributed by atoms with Crippen LogP contribution in [0.3, 0.4) is 0 Å². The summed E-state index contributed by atoms with van der Waals surface area (Å²) in [6.45, 7) is 4.83. The van der Waals surface area contributed by atoms with Gasteiger partial charge in [0.1, 0.15) is 0 Å². The van der Waals surface area contributed by atoms with Crippen LogP contribution in [0.25, 0.3) is 0 Å². The molecule has 0 bridgehead atoms. The van der Waals surface area contributed by atoms with Gasteiger partial charge in [-0.05, 0) is 43.9 Å². The van der Waals surface area contributed by atoms with Gasteiger partial charge in [-0.25, -0.2) is 0 Å². The minimum Gasteiger partial charge on any atom is -0.350 e. The first-order valence-electron chi connectivity index (χ1n) is 7.82. The predicted octanol–water partition coefficient (Wildman–Crippen LogP) is 4.06. The van der Waals surface area contributed by atoms with E-state index in [1.807, 2.05) is 31.2 Å². The second kappa shape index (κ2) is 9.80. The van der Waals surface area contributed by atoms with Crippen molar-refractivity contribution in [3.05, 3.63) is 34.9 Å². The Morgan fingerprint density at radius 1 is 1.29 bits per heavy atom. The number of hydrogen-bond acceptors (Lipinski definition) is 2. The fraction of sp³-hybridized carbons (Fsp3) is 0.588. The summed E-state index contributed by atoms with van der Waals surface area (Å²) in [6, 6.07) is 7.55. The van der Waals surface area contributed by atoms with Crippen LogP contribution in [0.15, 0.2) is 24.3 Å². The molecule has 0 saturated carbocycles. The van der Waals surface area contributed by atoms with Gasteiger partial charge >= 0.3 is 0 Å². The third-order valence-electron chi connectivity index (χ3n) is 3.80. The average Bonchev–Trinajstić information content (AvgIpc) is 2.45. The van der Waals surface area contributed by atoms with Crippen LogP contribution in [0.1, 0.15) is 57.6 Å². The maximum atomic E-state index is 12.1. The van der Waals surface area contributed by atoms with Crippen molar-refractivity contribution in [3.63, 3.8) is 0 Å². The van der Waals surface area contributed by atoms with E-state index in [2.05, 4.69) is 12.2 Å². The number of hydrogen-bond donors (Lipinski definition) is 2. The normalized spacial score (nSPS) is 13.7. The van der Waals surface area contributed by atoms with Crippen molar-refractivity contribution in [1.29, 1.82) is 0 Å². The zero-order valence-corrected chi connectivity index (χ0v) is 13.8. The van der Waals surface area contributed by atoms with Crippen LogP contribution >= 0.6 is 11.6 Å². The lowest BCUT2D eigenvalue weighted by Crippen LogP contribution is -2.27. The monoisotopic (exact) mass is 310 g/mol. The first-order chi connectivity index (χ1) is 10.1. The zero-order chi connectivity index (χ0) is 15.7. The summed E-state index contributed by atoms with van der Waals surface area (Å²) in [7, 11) is 0. The van der Waals surface area contributed by atoms with Gasteiger partial charge < -0.3 is 11.1 Å². The van der Waals surface area contributed by atoms with Gasteiger partial charge in [0.2, 0.25) is 5.91 Å². The summed E-state index contributed by atoms with van der Waals surface area (Å²) < 4.78 is 0. The van der Waals surface area contributed by atoms with Gasteiger partial charge in [0.05, 0.1) is 6.04 Å². The van der Waals surface area contributed by atoms with Crippen LogP contribution in [0.4, 0.5) is 0 Å². The summed E-state index contributed by atoms with van der Waals surface area (Å²) in [4.78, 5) is 12.1. The molecule has 0 aromatic heterocycles. The molecule has 1 aromatic rings. The molecule has 0 fully saturated rings. The first kappa shape index (κ1) is 18.0. The van der Waals surface area contributed by atoms with Crippen molar-refractivity contribution in [2.75, 3.05) is 6.54 Å². The number of benzene rings is 1. The van der Waals surface area contributed by atoms with Crippen molar-refractivity contribution >= 4 is 17.5 Å². The van der Waals surface area contributed by atoms with Crippen molar-refractivity contribution in [2.24, 2.45) is 11.7 Å². The Hall–Kier alpha value is -1.06. The molecule has 2 unspecified atom stereocenters. The lowest BCUT2D eigenvalue weighted by Gasteiger charge is -2.18. The van der Waals surface area contributed by atoms with E-state index < -0.39 is 0 Å². The number of carbonyl (C=O) groups is 1. The van der Waals surface area contributed by atoms with Crippen molar-refractivity contribution in [3.8, 4) is 0 Å². The second-order valence-corrected chi connectivity index (χ2v) is 5.99. The van der Waals surface area contributed by atoms with E-state index in [4.69, 9.17) is 17.3 Å². The largest absolute Gasteiger partial charge is 0.350 e. The fourth-order valence-corrected chi connectivity index (χ4v) is 2.93. The number of amides is 1. The lowest BCUT2D eigenvalue weighted by atomic mass is 9.94. The Kier molecular flexibility index (Phi) is 8.40. The predicted molar refractivity (Wildman–Crippen MR) is 89.3 cm³/mol. The highest BCUT2D eigenvalue weighted by atomic mass is 35.5. The van der Waals surface area contributed by atoms with Gasteiger partial charge in [0.15, 0.2) is 0 Å². The molecule has 1 rings (SSSR count). The smallest absolute Gasteiger partial charge is 0.220 e. The molecule has 0 saturated heterocycles. The third-order valence-corrected chi connectivity index (χ3v) is 4.14. The van der Waals surface area contributed by atoms with Crippen LogP contribution in [0.2, 0.25) is 5.02 Å². The number of carbonyl (C=O) groups excluding carboxylic acids is 1. The minimum atomic E-state index is -0.0645. The van der Waals surface area contributed by atoms with Crippen LogP contribution in [-0.4, -0.2) is 12.5 Å². The first-order valence-corrected chi connectivity index (χ1v) is 8.20. The summed E-state index contributed by atoms with van der Waals surface area (Å²) in [5.41, 5.74) is 6.58. The Morgan fingerprint density at radius 3 is 2.62 bits per heavy atom. The van der Waals surface area contributed by atoms with Crippen molar-refractivity contribution in [2.45, 2.75) is 52.0 Å². The number of rotatable bonds is 9. The molecule has 4 heteroatoms. The van der Waals surface area contributed by atoms with E-state index in [0.717, 1.165) is 31.2 Å². The van der Waals surface area contributed by atoms with Crippen LogP contribution in [-0.2, 0) is 4.79 Å². The minimum absolute atomic E-state index is 0.0645. The molecule has 0 spiro atoms. The lowest BCUT2D eigenvalue weighted by molar-refractivity contribution is -0.122. The van der Waals surface area contributed by atoms with E-state index in [9.17, 15) is 4.79 Å². The standard InChI is InChI=1S/C17H27ClN2O/c1-3-6-14(11-12-19)9-10-17(21)20-13(2)15-7-4-5-8-16(15)18/h4-5,7-8,13-14H,3,6,9-12,19H2,1-2H3,(H,20,21). The van der Waals surface area contributed by atoms with Crippen molar-refractivity contribution in [1.82, 2.24) is 5.32 Å². The molecule has 0 radical (unpaired) electrons. The Balaban J connectivity index is 2.44. The third kappa shape index (κ3) is 6.49. The van der Waals surface area contributed by atoms with E-state index in [1.165, 1.54) is 0 Å². The van der Waals surface area contributed by atoms with Gasteiger partial charge in [-0.2, -0.15) is 0 Å². The molecule has 21 heavy (non-hydrogen) atoms. The zero-order valence-electron chi connectivity index (χ0n) is 13.1. The van der Waals surface area contributed by atoms with Gasteiger partial charge in [0.25, 0.3) is 0 Å².